The number of hydrogen-bond donors (Lipinski definition) is 1. The van der Waals surface area contributed by atoms with E-state index in [9.17, 15) is 14.0 Å². The van der Waals surface area contributed by atoms with Crippen molar-refractivity contribution in [2.24, 2.45) is 5.92 Å². The Hall–Kier alpha value is -2.63. The van der Waals surface area contributed by atoms with Crippen LogP contribution in [0, 0.1) is 11.7 Å². The number of hydrogen-bond acceptors (Lipinski definition) is 3. The van der Waals surface area contributed by atoms with Gasteiger partial charge in [0.2, 0.25) is 0 Å². The molecule has 1 aromatic carbocycles. The summed E-state index contributed by atoms with van der Waals surface area (Å²) in [6.07, 6.45) is 1.69. The van der Waals surface area contributed by atoms with Crippen molar-refractivity contribution in [2.45, 2.75) is 19.4 Å². The van der Waals surface area contributed by atoms with E-state index in [4.69, 9.17) is 9.52 Å². The van der Waals surface area contributed by atoms with Gasteiger partial charge in [-0.05, 0) is 18.4 Å². The Morgan fingerprint density at radius 1 is 1.35 bits per heavy atom. The first-order valence-corrected chi connectivity index (χ1v) is 7.34. The average molecular weight is 317 g/mol. The van der Waals surface area contributed by atoms with Crippen molar-refractivity contribution in [3.63, 3.8) is 0 Å². The first-order chi connectivity index (χ1) is 11.0. The maximum Gasteiger partial charge on any atom is 0.338 e. The molecule has 5 nitrogen and oxygen atoms in total. The molecule has 23 heavy (non-hydrogen) atoms. The minimum Gasteiger partial charge on any atom is -0.478 e. The van der Waals surface area contributed by atoms with Gasteiger partial charge in [0, 0.05) is 18.2 Å². The number of carbonyl (C=O) groups excluding carboxylic acids is 1. The Kier molecular flexibility index (Phi) is 3.90. The fraction of sp³-hybridized carbons (Fsp3) is 0.294. The highest BCUT2D eigenvalue weighted by Gasteiger charge is 2.37. The summed E-state index contributed by atoms with van der Waals surface area (Å²) >= 11 is 0. The summed E-state index contributed by atoms with van der Waals surface area (Å²) in [7, 11) is 0. The van der Waals surface area contributed by atoms with Crippen LogP contribution in [0.25, 0.3) is 0 Å². The molecule has 0 bridgehead atoms. The van der Waals surface area contributed by atoms with Gasteiger partial charge in [0.1, 0.15) is 12.1 Å². The normalized spacial score (nSPS) is 20.7. The van der Waals surface area contributed by atoms with Gasteiger partial charge >= 0.3 is 5.97 Å². The molecule has 1 saturated heterocycles. The summed E-state index contributed by atoms with van der Waals surface area (Å²) in [6.45, 7) is 2.47. The zero-order valence-corrected chi connectivity index (χ0v) is 12.5. The largest absolute Gasteiger partial charge is 0.478 e. The number of furan rings is 1. The van der Waals surface area contributed by atoms with Crippen molar-refractivity contribution in [3.8, 4) is 0 Å². The van der Waals surface area contributed by atoms with E-state index in [1.165, 1.54) is 12.1 Å². The first kappa shape index (κ1) is 15.3. The van der Waals surface area contributed by atoms with E-state index < -0.39 is 11.9 Å². The number of rotatable bonds is 3. The van der Waals surface area contributed by atoms with E-state index in [0.717, 1.165) is 6.26 Å². The lowest BCUT2D eigenvalue weighted by Crippen LogP contribution is -2.31. The molecular formula is C17H16FNO4. The van der Waals surface area contributed by atoms with Gasteiger partial charge in [-0.15, -0.1) is 0 Å². The van der Waals surface area contributed by atoms with E-state index in [2.05, 4.69) is 0 Å². The average Bonchev–Trinajstić information content (AvgIpc) is 3.14. The quantitative estimate of drug-likeness (QED) is 0.942. The highest BCUT2D eigenvalue weighted by molar-refractivity contribution is 5.95. The van der Waals surface area contributed by atoms with Crippen molar-refractivity contribution in [1.82, 2.24) is 4.90 Å². The summed E-state index contributed by atoms with van der Waals surface area (Å²) < 4.78 is 19.2. The van der Waals surface area contributed by atoms with Gasteiger partial charge in [-0.25, -0.2) is 9.18 Å². The van der Waals surface area contributed by atoms with Crippen LogP contribution in [0.2, 0.25) is 0 Å². The number of carboxylic acids is 1. The monoisotopic (exact) mass is 317 g/mol. The molecule has 1 aliphatic heterocycles. The van der Waals surface area contributed by atoms with Gasteiger partial charge in [-0.2, -0.15) is 0 Å². The number of nitrogens with zero attached hydrogens (tertiary/aromatic N) is 1. The summed E-state index contributed by atoms with van der Waals surface area (Å²) in [4.78, 5) is 25.1. The number of amides is 1. The van der Waals surface area contributed by atoms with Crippen LogP contribution in [-0.4, -0.2) is 28.4 Å². The van der Waals surface area contributed by atoms with Gasteiger partial charge in [-0.1, -0.05) is 25.1 Å². The van der Waals surface area contributed by atoms with Gasteiger partial charge in [0.05, 0.1) is 11.6 Å². The molecule has 0 aliphatic carbocycles. The van der Waals surface area contributed by atoms with Crippen molar-refractivity contribution >= 4 is 11.9 Å². The molecule has 1 aromatic heterocycles. The summed E-state index contributed by atoms with van der Waals surface area (Å²) in [5.74, 6) is -1.76. The lowest BCUT2D eigenvalue weighted by Gasteiger charge is -2.24. The van der Waals surface area contributed by atoms with Crippen LogP contribution in [0.1, 0.15) is 45.9 Å². The first-order valence-electron chi connectivity index (χ1n) is 7.34. The lowest BCUT2D eigenvalue weighted by atomic mass is 10.0. The molecule has 2 heterocycles. The summed E-state index contributed by atoms with van der Waals surface area (Å²) in [5.41, 5.74) is 0.387. The smallest absolute Gasteiger partial charge is 0.338 e. The minimum atomic E-state index is -1.16. The molecule has 0 spiro atoms. The SMILES string of the molecule is CC1CC(c2ccccc2F)N(C(=O)c2cc(C(=O)O)co2)C1. The number of carboxylic acid groups (broad SMARTS) is 1. The topological polar surface area (TPSA) is 70.8 Å². The van der Waals surface area contributed by atoms with Crippen LogP contribution in [-0.2, 0) is 0 Å². The second-order valence-electron chi connectivity index (χ2n) is 5.84. The summed E-state index contributed by atoms with van der Waals surface area (Å²) in [6, 6.07) is 7.21. The Balaban J connectivity index is 1.91. The molecule has 2 atom stereocenters. The highest BCUT2D eigenvalue weighted by Crippen LogP contribution is 2.37. The molecule has 120 valence electrons. The predicted molar refractivity (Wildman–Crippen MR) is 79.6 cm³/mol. The number of aromatic carboxylic acids is 1. The molecule has 6 heteroatoms. The maximum absolute atomic E-state index is 14.1. The van der Waals surface area contributed by atoms with Crippen molar-refractivity contribution in [2.75, 3.05) is 6.54 Å². The molecule has 1 N–H and O–H groups in total. The van der Waals surface area contributed by atoms with Crippen LogP contribution in [0.3, 0.4) is 0 Å². The molecule has 0 radical (unpaired) electrons. The number of carbonyl (C=O) groups is 2. The van der Waals surface area contributed by atoms with Gasteiger partial charge in [-0.3, -0.25) is 4.79 Å². The molecule has 1 amide bonds. The molecule has 1 fully saturated rings. The third kappa shape index (κ3) is 2.84. The third-order valence-electron chi connectivity index (χ3n) is 4.09. The standard InChI is InChI=1S/C17H16FNO4/c1-10-6-14(12-4-2-3-5-13(12)18)19(8-10)16(20)15-7-11(9-23-15)17(21)22/h2-5,7,9-10,14H,6,8H2,1H3,(H,21,22). The second-order valence-corrected chi connectivity index (χ2v) is 5.84. The lowest BCUT2D eigenvalue weighted by molar-refractivity contribution is 0.0688. The number of benzene rings is 1. The Morgan fingerprint density at radius 3 is 2.74 bits per heavy atom. The van der Waals surface area contributed by atoms with Gasteiger partial charge in [0.25, 0.3) is 5.91 Å². The third-order valence-corrected chi connectivity index (χ3v) is 4.09. The number of likely N-dealkylation sites (tertiary alicyclic amines) is 1. The fourth-order valence-corrected chi connectivity index (χ4v) is 3.01. The Labute approximate surface area is 132 Å². The number of halogens is 1. The Morgan fingerprint density at radius 2 is 2.09 bits per heavy atom. The van der Waals surface area contributed by atoms with Crippen LogP contribution in [0.4, 0.5) is 4.39 Å². The van der Waals surface area contributed by atoms with Crippen molar-refractivity contribution in [3.05, 3.63) is 59.3 Å². The van der Waals surface area contributed by atoms with E-state index >= 15 is 0 Å². The highest BCUT2D eigenvalue weighted by atomic mass is 19.1. The van der Waals surface area contributed by atoms with Gasteiger partial charge in [0.15, 0.2) is 5.76 Å². The van der Waals surface area contributed by atoms with E-state index in [0.29, 0.717) is 18.5 Å². The van der Waals surface area contributed by atoms with E-state index in [1.54, 1.807) is 23.1 Å². The zero-order valence-electron chi connectivity index (χ0n) is 12.5. The molecule has 2 aromatic rings. The molecule has 2 unspecified atom stereocenters. The molecule has 0 saturated carbocycles. The predicted octanol–water partition coefficient (Wildman–Crippen LogP) is 3.34. The molecule has 1 aliphatic rings. The van der Waals surface area contributed by atoms with Crippen molar-refractivity contribution < 1.29 is 23.5 Å². The summed E-state index contributed by atoms with van der Waals surface area (Å²) in [5, 5.41) is 8.92. The van der Waals surface area contributed by atoms with Crippen molar-refractivity contribution in [1.29, 1.82) is 0 Å². The van der Waals surface area contributed by atoms with E-state index in [-0.39, 0.29) is 29.1 Å². The van der Waals surface area contributed by atoms with E-state index in [1.807, 2.05) is 6.92 Å². The maximum atomic E-state index is 14.1. The van der Waals surface area contributed by atoms with Crippen LogP contribution in [0.15, 0.2) is 41.0 Å². The van der Waals surface area contributed by atoms with Crippen LogP contribution < -0.4 is 0 Å². The minimum absolute atomic E-state index is 0.0437. The van der Waals surface area contributed by atoms with Crippen LogP contribution in [0.5, 0.6) is 0 Å². The Bertz CT molecular complexity index is 755. The zero-order chi connectivity index (χ0) is 16.6. The fourth-order valence-electron chi connectivity index (χ4n) is 3.01. The molecule has 3 rings (SSSR count). The molecular weight excluding hydrogens is 301 g/mol. The van der Waals surface area contributed by atoms with Gasteiger partial charge < -0.3 is 14.4 Å². The second kappa shape index (κ2) is 5.87. The van der Waals surface area contributed by atoms with Crippen LogP contribution >= 0.6 is 0 Å².